The van der Waals surface area contributed by atoms with Crippen LogP contribution in [-0.2, 0) is 10.2 Å². The molecule has 0 saturated carbocycles. The van der Waals surface area contributed by atoms with Crippen LogP contribution < -0.4 is 5.14 Å². The van der Waals surface area contributed by atoms with Crippen molar-refractivity contribution in [1.29, 1.82) is 0 Å². The minimum Gasteiger partial charge on any atom is -0.388 e. The summed E-state index contributed by atoms with van der Waals surface area (Å²) < 4.78 is 24.1. The summed E-state index contributed by atoms with van der Waals surface area (Å²) in [5.41, 5.74) is 0.804. The van der Waals surface area contributed by atoms with Crippen molar-refractivity contribution in [2.45, 2.75) is 31.4 Å². The molecule has 3 N–H and O–H groups in total. The van der Waals surface area contributed by atoms with Crippen LogP contribution in [0, 0.1) is 0 Å². The number of benzene rings is 1. The Morgan fingerprint density at radius 2 is 2.06 bits per heavy atom. The maximum absolute atomic E-state index is 11.4. The van der Waals surface area contributed by atoms with E-state index >= 15 is 0 Å². The van der Waals surface area contributed by atoms with Gasteiger partial charge in [0.15, 0.2) is 0 Å². The molecule has 6 heteroatoms. The summed E-state index contributed by atoms with van der Waals surface area (Å²) in [6.45, 7) is 0.449. The number of rotatable bonds is 4. The predicted molar refractivity (Wildman–Crippen MR) is 68.9 cm³/mol. The Morgan fingerprint density at radius 3 is 2.67 bits per heavy atom. The number of hydrogen-bond acceptors (Lipinski definition) is 3. The predicted octanol–water partition coefficient (Wildman–Crippen LogP) is 0.778. The average molecular weight is 270 g/mol. The van der Waals surface area contributed by atoms with Gasteiger partial charge in [0.25, 0.3) is 10.2 Å². The molecule has 1 aromatic rings. The topological polar surface area (TPSA) is 83.6 Å². The maximum atomic E-state index is 11.4. The fourth-order valence-electron chi connectivity index (χ4n) is 2.45. The molecule has 1 fully saturated rings. The Bertz CT molecular complexity index is 489. The zero-order chi connectivity index (χ0) is 13.2. The molecule has 0 unspecified atom stereocenters. The van der Waals surface area contributed by atoms with Gasteiger partial charge in [0.05, 0.1) is 6.10 Å². The van der Waals surface area contributed by atoms with Crippen LogP contribution in [0.15, 0.2) is 30.3 Å². The van der Waals surface area contributed by atoms with Crippen LogP contribution in [0.4, 0.5) is 0 Å². The lowest BCUT2D eigenvalue weighted by atomic mass is 10.0. The van der Waals surface area contributed by atoms with E-state index in [9.17, 15) is 13.5 Å². The molecule has 1 aliphatic heterocycles. The summed E-state index contributed by atoms with van der Waals surface area (Å²) >= 11 is 0. The first kappa shape index (κ1) is 13.5. The lowest BCUT2D eigenvalue weighted by Gasteiger charge is -2.24. The molecular weight excluding hydrogens is 252 g/mol. The maximum Gasteiger partial charge on any atom is 0.277 e. The highest BCUT2D eigenvalue weighted by Crippen LogP contribution is 2.28. The highest BCUT2D eigenvalue weighted by Gasteiger charge is 2.33. The molecule has 1 aliphatic rings. The van der Waals surface area contributed by atoms with Crippen LogP contribution in [0.1, 0.15) is 30.9 Å². The summed E-state index contributed by atoms with van der Waals surface area (Å²) in [7, 11) is -3.66. The first-order valence-electron chi connectivity index (χ1n) is 6.01. The molecule has 0 aromatic heterocycles. The molecule has 18 heavy (non-hydrogen) atoms. The number of nitrogens with zero attached hydrogens (tertiary/aromatic N) is 1. The van der Waals surface area contributed by atoms with Crippen molar-refractivity contribution in [1.82, 2.24) is 4.31 Å². The van der Waals surface area contributed by atoms with Gasteiger partial charge in [-0.15, -0.1) is 0 Å². The summed E-state index contributed by atoms with van der Waals surface area (Å²) in [5.74, 6) is 0. The minimum atomic E-state index is -3.66. The van der Waals surface area contributed by atoms with Gasteiger partial charge in [-0.05, 0) is 24.8 Å². The molecule has 5 nitrogen and oxygen atoms in total. The first-order chi connectivity index (χ1) is 8.48. The molecule has 1 aromatic carbocycles. The molecule has 0 amide bonds. The van der Waals surface area contributed by atoms with Crippen molar-refractivity contribution in [3.63, 3.8) is 0 Å². The third-order valence-corrected chi connectivity index (χ3v) is 4.46. The molecule has 0 aliphatic carbocycles. The molecule has 1 saturated heterocycles. The summed E-state index contributed by atoms with van der Waals surface area (Å²) in [6, 6.07) is 9.05. The highest BCUT2D eigenvalue weighted by molar-refractivity contribution is 7.86. The SMILES string of the molecule is NS(=O)(=O)N1CCC[C@H]1C[C@H](O)c1ccccc1. The van der Waals surface area contributed by atoms with Crippen molar-refractivity contribution in [2.75, 3.05) is 6.54 Å². The van der Waals surface area contributed by atoms with E-state index in [2.05, 4.69) is 0 Å². The normalized spacial score (nSPS) is 23.1. The molecule has 2 atom stereocenters. The van der Waals surface area contributed by atoms with Gasteiger partial charge >= 0.3 is 0 Å². The van der Waals surface area contributed by atoms with Crippen LogP contribution >= 0.6 is 0 Å². The third kappa shape index (κ3) is 3.08. The van der Waals surface area contributed by atoms with Crippen LogP contribution in [0.3, 0.4) is 0 Å². The molecule has 0 bridgehead atoms. The number of aliphatic hydroxyl groups is 1. The fourth-order valence-corrected chi connectivity index (χ4v) is 3.44. The first-order valence-corrected chi connectivity index (χ1v) is 7.51. The van der Waals surface area contributed by atoms with Crippen molar-refractivity contribution < 1.29 is 13.5 Å². The quantitative estimate of drug-likeness (QED) is 0.848. The summed E-state index contributed by atoms with van der Waals surface area (Å²) in [5, 5.41) is 15.3. The zero-order valence-electron chi connectivity index (χ0n) is 10.1. The average Bonchev–Trinajstić information content (AvgIpc) is 2.78. The number of aliphatic hydroxyl groups excluding tert-OH is 1. The molecule has 100 valence electrons. The second-order valence-electron chi connectivity index (χ2n) is 4.61. The minimum absolute atomic E-state index is 0.199. The van der Waals surface area contributed by atoms with E-state index in [1.54, 1.807) is 0 Å². The van der Waals surface area contributed by atoms with Crippen LogP contribution in [0.5, 0.6) is 0 Å². The Labute approximate surface area is 107 Å². The summed E-state index contributed by atoms with van der Waals surface area (Å²) in [4.78, 5) is 0. The van der Waals surface area contributed by atoms with Gasteiger partial charge in [-0.3, -0.25) is 0 Å². The lowest BCUT2D eigenvalue weighted by Crippen LogP contribution is -2.40. The Balaban J connectivity index is 2.05. The van der Waals surface area contributed by atoms with E-state index in [0.29, 0.717) is 13.0 Å². The standard InChI is InChI=1S/C12H18N2O3S/c13-18(16,17)14-8-4-7-11(14)9-12(15)10-5-2-1-3-6-10/h1-3,5-6,11-12,15H,4,7-9H2,(H2,13,16,17)/t11-,12-/m0/s1. The second kappa shape index (κ2) is 5.36. The molecule has 0 spiro atoms. The van der Waals surface area contributed by atoms with Gasteiger partial charge in [-0.25, -0.2) is 5.14 Å². The Kier molecular flexibility index (Phi) is 4.01. The molecule has 2 rings (SSSR count). The monoisotopic (exact) mass is 270 g/mol. The van der Waals surface area contributed by atoms with Gasteiger partial charge in [-0.1, -0.05) is 30.3 Å². The molecule has 1 heterocycles. The Morgan fingerprint density at radius 1 is 1.39 bits per heavy atom. The van der Waals surface area contributed by atoms with E-state index in [0.717, 1.165) is 18.4 Å². The van der Waals surface area contributed by atoms with Crippen LogP contribution in [0.2, 0.25) is 0 Å². The second-order valence-corrected chi connectivity index (χ2v) is 6.11. The van der Waals surface area contributed by atoms with Crippen LogP contribution in [-0.4, -0.2) is 30.4 Å². The fraction of sp³-hybridized carbons (Fsp3) is 0.500. The van der Waals surface area contributed by atoms with Crippen molar-refractivity contribution in [3.8, 4) is 0 Å². The van der Waals surface area contributed by atoms with E-state index in [4.69, 9.17) is 5.14 Å². The van der Waals surface area contributed by atoms with E-state index < -0.39 is 16.3 Å². The van der Waals surface area contributed by atoms with E-state index in [-0.39, 0.29) is 6.04 Å². The smallest absolute Gasteiger partial charge is 0.277 e. The van der Waals surface area contributed by atoms with Gasteiger partial charge in [0.1, 0.15) is 0 Å². The van der Waals surface area contributed by atoms with E-state index in [1.165, 1.54) is 4.31 Å². The zero-order valence-corrected chi connectivity index (χ0v) is 10.9. The van der Waals surface area contributed by atoms with Crippen molar-refractivity contribution in [2.24, 2.45) is 5.14 Å². The van der Waals surface area contributed by atoms with Gasteiger partial charge in [0, 0.05) is 12.6 Å². The number of nitrogens with two attached hydrogens (primary N) is 1. The van der Waals surface area contributed by atoms with Gasteiger partial charge < -0.3 is 5.11 Å². The highest BCUT2D eigenvalue weighted by atomic mass is 32.2. The largest absolute Gasteiger partial charge is 0.388 e. The lowest BCUT2D eigenvalue weighted by molar-refractivity contribution is 0.142. The van der Waals surface area contributed by atoms with E-state index in [1.807, 2.05) is 30.3 Å². The van der Waals surface area contributed by atoms with Gasteiger partial charge in [-0.2, -0.15) is 12.7 Å². The third-order valence-electron chi connectivity index (χ3n) is 3.33. The Hall–Kier alpha value is -0.950. The summed E-state index contributed by atoms with van der Waals surface area (Å²) in [6.07, 6.45) is 1.28. The van der Waals surface area contributed by atoms with Crippen molar-refractivity contribution >= 4 is 10.2 Å². The molecular formula is C12H18N2O3S. The number of hydrogen-bond donors (Lipinski definition) is 2. The van der Waals surface area contributed by atoms with Gasteiger partial charge in [0.2, 0.25) is 0 Å². The van der Waals surface area contributed by atoms with Crippen LogP contribution in [0.25, 0.3) is 0 Å². The molecule has 0 radical (unpaired) electrons. The van der Waals surface area contributed by atoms with Crippen molar-refractivity contribution in [3.05, 3.63) is 35.9 Å².